The Kier molecular flexibility index (Phi) is 7.30. The Labute approximate surface area is 173 Å². The smallest absolute Gasteiger partial charge is 0.193 e. The summed E-state index contributed by atoms with van der Waals surface area (Å²) in [6.45, 7) is 8.83. The molecular weight excluding hydrogens is 444 g/mol. The minimum atomic E-state index is -0.172. The maximum absolute atomic E-state index is 13.8. The minimum absolute atomic E-state index is 0. The van der Waals surface area contributed by atoms with Crippen LogP contribution in [0.1, 0.15) is 38.7 Å². The van der Waals surface area contributed by atoms with Gasteiger partial charge in [-0.1, -0.05) is 26.0 Å². The van der Waals surface area contributed by atoms with E-state index >= 15 is 0 Å². The lowest BCUT2D eigenvalue weighted by Gasteiger charge is -2.39. The average Bonchev–Trinajstić information content (AvgIpc) is 2.96. The van der Waals surface area contributed by atoms with Crippen LogP contribution < -0.4 is 5.32 Å². The van der Waals surface area contributed by atoms with Crippen molar-refractivity contribution in [3.8, 4) is 0 Å². The normalized spacial score (nSPS) is 22.0. The molecule has 0 atom stereocenters. The molecule has 2 aliphatic rings. The highest BCUT2D eigenvalue weighted by Gasteiger charge is 2.36. The van der Waals surface area contributed by atoms with Gasteiger partial charge in [-0.15, -0.1) is 24.0 Å². The molecule has 2 aliphatic heterocycles. The summed E-state index contributed by atoms with van der Waals surface area (Å²) in [4.78, 5) is 6.82. The molecule has 4 nitrogen and oxygen atoms in total. The van der Waals surface area contributed by atoms with E-state index in [0.717, 1.165) is 44.0 Å². The number of halogens is 2. The molecule has 0 radical (unpaired) electrons. The molecule has 0 amide bonds. The van der Waals surface area contributed by atoms with Gasteiger partial charge < -0.3 is 15.0 Å². The SMILES string of the molecule is CN=C(NCC1(c2cccc(F)c2)CCOCC1)N1CCC(C)(C)C1.I. The molecule has 2 heterocycles. The van der Waals surface area contributed by atoms with Crippen LogP contribution in [-0.2, 0) is 10.2 Å². The summed E-state index contributed by atoms with van der Waals surface area (Å²) < 4.78 is 19.4. The first kappa shape index (κ1) is 21.4. The molecule has 0 aliphatic carbocycles. The fourth-order valence-electron chi connectivity index (χ4n) is 4.02. The Morgan fingerprint density at radius 3 is 2.58 bits per heavy atom. The van der Waals surface area contributed by atoms with Crippen molar-refractivity contribution in [3.05, 3.63) is 35.6 Å². The van der Waals surface area contributed by atoms with E-state index < -0.39 is 0 Å². The summed E-state index contributed by atoms with van der Waals surface area (Å²) in [6, 6.07) is 7.03. The highest BCUT2D eigenvalue weighted by molar-refractivity contribution is 14.0. The second kappa shape index (κ2) is 8.87. The summed E-state index contributed by atoms with van der Waals surface area (Å²) in [5.41, 5.74) is 1.28. The van der Waals surface area contributed by atoms with Crippen molar-refractivity contribution >= 4 is 29.9 Å². The van der Waals surface area contributed by atoms with Crippen molar-refractivity contribution in [3.63, 3.8) is 0 Å². The molecule has 0 bridgehead atoms. The van der Waals surface area contributed by atoms with Crippen LogP contribution in [-0.4, -0.2) is 50.8 Å². The van der Waals surface area contributed by atoms with Crippen LogP contribution in [0.25, 0.3) is 0 Å². The highest BCUT2D eigenvalue weighted by atomic mass is 127. The number of guanidine groups is 1. The molecule has 0 saturated carbocycles. The molecule has 3 rings (SSSR count). The monoisotopic (exact) mass is 475 g/mol. The number of rotatable bonds is 3. The minimum Gasteiger partial charge on any atom is -0.381 e. The molecule has 2 fully saturated rings. The second-order valence-corrected chi connectivity index (χ2v) is 8.14. The van der Waals surface area contributed by atoms with Gasteiger partial charge in [-0.25, -0.2) is 4.39 Å². The molecule has 146 valence electrons. The highest BCUT2D eigenvalue weighted by Crippen LogP contribution is 2.35. The van der Waals surface area contributed by atoms with Crippen molar-refractivity contribution in [2.75, 3.05) is 39.9 Å². The van der Waals surface area contributed by atoms with E-state index in [4.69, 9.17) is 4.74 Å². The fraction of sp³-hybridized carbons (Fsp3) is 0.650. The number of nitrogens with one attached hydrogen (secondary N) is 1. The molecule has 1 aromatic rings. The van der Waals surface area contributed by atoms with Gasteiger partial charge in [0.15, 0.2) is 5.96 Å². The first-order valence-corrected chi connectivity index (χ1v) is 9.24. The number of hydrogen-bond donors (Lipinski definition) is 1. The van der Waals surface area contributed by atoms with Gasteiger partial charge in [-0.3, -0.25) is 4.99 Å². The summed E-state index contributed by atoms with van der Waals surface area (Å²) in [5, 5.41) is 3.58. The van der Waals surface area contributed by atoms with Gasteiger partial charge >= 0.3 is 0 Å². The van der Waals surface area contributed by atoms with E-state index in [1.54, 1.807) is 12.1 Å². The Morgan fingerprint density at radius 2 is 2.00 bits per heavy atom. The van der Waals surface area contributed by atoms with Gasteiger partial charge in [-0.05, 0) is 42.4 Å². The third-order valence-electron chi connectivity index (χ3n) is 5.66. The molecule has 0 spiro atoms. The van der Waals surface area contributed by atoms with Crippen molar-refractivity contribution in [1.82, 2.24) is 10.2 Å². The lowest BCUT2D eigenvalue weighted by molar-refractivity contribution is 0.0511. The van der Waals surface area contributed by atoms with E-state index in [1.807, 2.05) is 13.1 Å². The van der Waals surface area contributed by atoms with E-state index in [2.05, 4.69) is 29.1 Å². The summed E-state index contributed by atoms with van der Waals surface area (Å²) >= 11 is 0. The standard InChI is InChI=1S/C20H30FN3O.HI/c1-19(2)7-10-24(15-19)18(22-3)23-14-20(8-11-25-12-9-20)16-5-4-6-17(21)13-16;/h4-6,13H,7-12,14-15H2,1-3H3,(H,22,23);1H. The van der Waals surface area contributed by atoms with Crippen molar-refractivity contribution < 1.29 is 9.13 Å². The maximum atomic E-state index is 13.8. The largest absolute Gasteiger partial charge is 0.381 e. The topological polar surface area (TPSA) is 36.9 Å². The lowest BCUT2D eigenvalue weighted by Crippen LogP contribution is -2.49. The van der Waals surface area contributed by atoms with Crippen molar-refractivity contribution in [2.24, 2.45) is 10.4 Å². The van der Waals surface area contributed by atoms with Crippen LogP contribution in [0.4, 0.5) is 4.39 Å². The van der Waals surface area contributed by atoms with Crippen LogP contribution in [0.3, 0.4) is 0 Å². The Morgan fingerprint density at radius 1 is 1.27 bits per heavy atom. The third kappa shape index (κ3) is 4.88. The quantitative estimate of drug-likeness (QED) is 0.411. The maximum Gasteiger partial charge on any atom is 0.193 e. The van der Waals surface area contributed by atoms with Gasteiger partial charge in [0.25, 0.3) is 0 Å². The van der Waals surface area contributed by atoms with Gasteiger partial charge in [-0.2, -0.15) is 0 Å². The summed E-state index contributed by atoms with van der Waals surface area (Å²) in [6.07, 6.45) is 2.97. The molecule has 2 saturated heterocycles. The average molecular weight is 475 g/mol. The molecule has 6 heteroatoms. The summed E-state index contributed by atoms with van der Waals surface area (Å²) in [7, 11) is 1.84. The number of aliphatic imine (C=N–C) groups is 1. The van der Waals surface area contributed by atoms with Gasteiger partial charge in [0.1, 0.15) is 5.82 Å². The van der Waals surface area contributed by atoms with E-state index in [-0.39, 0.29) is 35.2 Å². The Hall–Kier alpha value is -0.890. The predicted octanol–water partition coefficient (Wildman–Crippen LogP) is 3.80. The van der Waals surface area contributed by atoms with E-state index in [9.17, 15) is 4.39 Å². The van der Waals surface area contributed by atoms with Gasteiger partial charge in [0.2, 0.25) is 0 Å². The van der Waals surface area contributed by atoms with E-state index in [1.165, 1.54) is 12.5 Å². The molecular formula is C20H31FIN3O. The number of likely N-dealkylation sites (tertiary alicyclic amines) is 1. The fourth-order valence-corrected chi connectivity index (χ4v) is 4.02. The third-order valence-corrected chi connectivity index (χ3v) is 5.66. The van der Waals surface area contributed by atoms with Crippen LogP contribution in [0, 0.1) is 11.2 Å². The Bertz CT molecular complexity index is 629. The first-order valence-electron chi connectivity index (χ1n) is 9.24. The van der Waals surface area contributed by atoms with E-state index in [0.29, 0.717) is 18.6 Å². The van der Waals surface area contributed by atoms with Gasteiger partial charge in [0.05, 0.1) is 0 Å². The zero-order chi connectivity index (χ0) is 17.9. The Balaban J connectivity index is 0.00000243. The van der Waals surface area contributed by atoms with Crippen LogP contribution >= 0.6 is 24.0 Å². The van der Waals surface area contributed by atoms with Crippen LogP contribution in [0.2, 0.25) is 0 Å². The van der Waals surface area contributed by atoms with Crippen LogP contribution in [0.5, 0.6) is 0 Å². The lowest BCUT2D eigenvalue weighted by atomic mass is 9.74. The molecule has 1 aromatic carbocycles. The number of benzene rings is 1. The summed E-state index contributed by atoms with van der Waals surface area (Å²) in [5.74, 6) is 0.780. The second-order valence-electron chi connectivity index (χ2n) is 8.14. The van der Waals surface area contributed by atoms with Crippen molar-refractivity contribution in [1.29, 1.82) is 0 Å². The molecule has 0 unspecified atom stereocenters. The first-order chi connectivity index (χ1) is 11.9. The molecule has 26 heavy (non-hydrogen) atoms. The zero-order valence-corrected chi connectivity index (χ0v) is 18.4. The number of hydrogen-bond acceptors (Lipinski definition) is 2. The molecule has 0 aromatic heterocycles. The van der Waals surface area contributed by atoms with Gasteiger partial charge in [0, 0.05) is 45.3 Å². The predicted molar refractivity (Wildman–Crippen MR) is 115 cm³/mol. The number of nitrogens with zero attached hydrogens (tertiary/aromatic N) is 2. The molecule has 1 N–H and O–H groups in total. The van der Waals surface area contributed by atoms with Crippen LogP contribution in [0.15, 0.2) is 29.3 Å². The number of ether oxygens (including phenoxy) is 1. The zero-order valence-electron chi connectivity index (χ0n) is 16.1. The van der Waals surface area contributed by atoms with Crippen molar-refractivity contribution in [2.45, 2.75) is 38.5 Å².